The standard InChI is InChI=1S/C32H35F3N4O/c1-20(22-9-5-6-10-22)39-13-12-24(16-31(39,2)3)26-19-38(4)30-28(26)29(32(33,34)35)25(18-37-30)15-27(40)23-11-7-8-21(14-23)17-36/h7-8,11,14,18-19,22,24H,1,5-6,9-10,12-13,15-16H2,2-4H3/t24-/m1/s1. The number of hydrogen-bond donors (Lipinski definition) is 0. The summed E-state index contributed by atoms with van der Waals surface area (Å²) in [4.78, 5) is 19.9. The Morgan fingerprint density at radius 1 is 1.23 bits per heavy atom. The molecule has 5 rings (SSSR count). The first-order chi connectivity index (χ1) is 18.9. The number of alkyl halides is 3. The normalized spacial score (nSPS) is 19.6. The van der Waals surface area contributed by atoms with Gasteiger partial charge in [-0.1, -0.05) is 31.6 Å². The summed E-state index contributed by atoms with van der Waals surface area (Å²) < 4.78 is 46.0. The van der Waals surface area contributed by atoms with E-state index in [1.54, 1.807) is 29.9 Å². The molecule has 0 unspecified atom stereocenters. The predicted molar refractivity (Wildman–Crippen MR) is 149 cm³/mol. The van der Waals surface area contributed by atoms with Gasteiger partial charge in [0.1, 0.15) is 5.65 Å². The number of aryl methyl sites for hydroxylation is 1. The van der Waals surface area contributed by atoms with Crippen molar-refractivity contribution < 1.29 is 18.0 Å². The Bertz CT molecular complexity index is 1500. The van der Waals surface area contributed by atoms with Crippen LogP contribution < -0.4 is 0 Å². The van der Waals surface area contributed by atoms with Gasteiger partial charge in [0.2, 0.25) is 0 Å². The average Bonchev–Trinajstić information content (AvgIpc) is 3.55. The Balaban J connectivity index is 1.52. The van der Waals surface area contributed by atoms with Gasteiger partial charge in [-0.15, -0.1) is 0 Å². The van der Waals surface area contributed by atoms with Crippen LogP contribution in [0.5, 0.6) is 0 Å². The first-order valence-corrected chi connectivity index (χ1v) is 13.9. The van der Waals surface area contributed by atoms with Crippen molar-refractivity contribution in [2.24, 2.45) is 13.0 Å². The molecule has 0 radical (unpaired) electrons. The summed E-state index contributed by atoms with van der Waals surface area (Å²) in [5, 5.41) is 9.26. The van der Waals surface area contributed by atoms with E-state index in [4.69, 9.17) is 5.26 Å². The lowest BCUT2D eigenvalue weighted by Gasteiger charge is -2.49. The van der Waals surface area contributed by atoms with E-state index in [9.17, 15) is 18.0 Å². The third-order valence-corrected chi connectivity index (χ3v) is 8.83. The zero-order valence-corrected chi connectivity index (χ0v) is 23.3. The molecule has 2 aromatic heterocycles. The van der Waals surface area contributed by atoms with Crippen LogP contribution in [0.2, 0.25) is 0 Å². The van der Waals surface area contributed by atoms with Crippen molar-refractivity contribution in [2.75, 3.05) is 6.54 Å². The summed E-state index contributed by atoms with van der Waals surface area (Å²) >= 11 is 0. The van der Waals surface area contributed by atoms with Crippen LogP contribution in [0.1, 0.15) is 90.9 Å². The highest BCUT2D eigenvalue weighted by Crippen LogP contribution is 2.47. The maximum absolute atomic E-state index is 14.8. The first-order valence-electron chi connectivity index (χ1n) is 13.9. The van der Waals surface area contributed by atoms with Gasteiger partial charge >= 0.3 is 6.18 Å². The molecule has 210 valence electrons. The number of carbonyl (C=O) groups excluding carboxylic acids is 1. The van der Waals surface area contributed by atoms with Crippen molar-refractivity contribution in [1.82, 2.24) is 14.5 Å². The lowest BCUT2D eigenvalue weighted by molar-refractivity contribution is -0.136. The van der Waals surface area contributed by atoms with E-state index in [1.807, 2.05) is 6.07 Å². The third-order valence-electron chi connectivity index (χ3n) is 8.83. The number of fused-ring (bicyclic) bond motifs is 1. The molecule has 3 aromatic rings. The number of likely N-dealkylation sites (tertiary alicyclic amines) is 1. The SMILES string of the molecule is C=C(C1CCCC1)N1CC[C@@H](c2cn(C)c3ncc(CC(=O)c4cccc(C#N)c4)c(C(F)(F)F)c23)CC1(C)C. The van der Waals surface area contributed by atoms with E-state index in [0.717, 1.165) is 31.5 Å². The van der Waals surface area contributed by atoms with Crippen molar-refractivity contribution in [3.63, 3.8) is 0 Å². The number of nitriles is 1. The number of nitrogens with zero attached hydrogens (tertiary/aromatic N) is 4. The molecule has 1 saturated carbocycles. The molecule has 40 heavy (non-hydrogen) atoms. The van der Waals surface area contributed by atoms with Crippen LogP contribution in [-0.2, 0) is 19.6 Å². The number of carbonyl (C=O) groups is 1. The quantitative estimate of drug-likeness (QED) is 0.299. The molecule has 1 atom stereocenters. The molecule has 5 nitrogen and oxygen atoms in total. The van der Waals surface area contributed by atoms with E-state index >= 15 is 0 Å². The zero-order valence-electron chi connectivity index (χ0n) is 23.3. The number of allylic oxidation sites excluding steroid dienone is 1. The molecule has 1 aromatic carbocycles. The highest BCUT2D eigenvalue weighted by atomic mass is 19.4. The number of ketones is 1. The monoisotopic (exact) mass is 548 g/mol. The number of pyridine rings is 1. The predicted octanol–water partition coefficient (Wildman–Crippen LogP) is 7.55. The van der Waals surface area contributed by atoms with E-state index in [-0.39, 0.29) is 39.2 Å². The Morgan fingerprint density at radius 3 is 2.60 bits per heavy atom. The summed E-state index contributed by atoms with van der Waals surface area (Å²) in [6.07, 6.45) is 4.00. The molecule has 0 amide bonds. The third kappa shape index (κ3) is 5.14. The van der Waals surface area contributed by atoms with Crippen molar-refractivity contribution in [2.45, 2.75) is 76.4 Å². The van der Waals surface area contributed by atoms with Gasteiger partial charge in [0.15, 0.2) is 5.78 Å². The zero-order chi connectivity index (χ0) is 28.8. The number of halogens is 3. The fourth-order valence-electron chi connectivity index (χ4n) is 6.90. The Hall–Kier alpha value is -3.60. The summed E-state index contributed by atoms with van der Waals surface area (Å²) in [5.41, 5.74) is 1.37. The molecule has 0 bridgehead atoms. The molecular formula is C32H35F3N4O. The average molecular weight is 549 g/mol. The summed E-state index contributed by atoms with van der Waals surface area (Å²) in [5.74, 6) is -0.0862. The van der Waals surface area contributed by atoms with Crippen molar-refractivity contribution in [3.05, 3.63) is 76.8 Å². The molecule has 2 fully saturated rings. The van der Waals surface area contributed by atoms with E-state index < -0.39 is 23.9 Å². The van der Waals surface area contributed by atoms with Gasteiger partial charge in [0.25, 0.3) is 0 Å². The van der Waals surface area contributed by atoms with Crippen LogP contribution in [0.15, 0.2) is 48.9 Å². The number of rotatable bonds is 6. The molecule has 3 heterocycles. The maximum atomic E-state index is 14.8. The highest BCUT2D eigenvalue weighted by molar-refractivity contribution is 5.99. The molecule has 0 N–H and O–H groups in total. The summed E-state index contributed by atoms with van der Waals surface area (Å²) in [6, 6.07) is 8.01. The van der Waals surface area contributed by atoms with Crippen LogP contribution in [-0.4, -0.2) is 32.3 Å². The van der Waals surface area contributed by atoms with Crippen molar-refractivity contribution in [3.8, 4) is 6.07 Å². The van der Waals surface area contributed by atoms with Crippen LogP contribution in [0, 0.1) is 17.2 Å². The van der Waals surface area contributed by atoms with Crippen molar-refractivity contribution >= 4 is 16.8 Å². The second-order valence-corrected chi connectivity index (χ2v) is 12.0. The number of piperidine rings is 1. The minimum Gasteiger partial charge on any atom is -0.370 e. The smallest absolute Gasteiger partial charge is 0.370 e. The molecule has 1 aliphatic heterocycles. The minimum absolute atomic E-state index is 0.0903. The van der Waals surface area contributed by atoms with Crippen LogP contribution in [0.4, 0.5) is 13.2 Å². The Morgan fingerprint density at radius 2 is 1.95 bits per heavy atom. The lowest BCUT2D eigenvalue weighted by Crippen LogP contribution is -2.49. The van der Waals surface area contributed by atoms with Crippen LogP contribution >= 0.6 is 0 Å². The molecule has 1 aliphatic carbocycles. The van der Waals surface area contributed by atoms with Gasteiger partial charge in [-0.25, -0.2) is 4.98 Å². The topological polar surface area (TPSA) is 61.9 Å². The molecule has 8 heteroatoms. The Labute approximate surface area is 233 Å². The van der Waals surface area contributed by atoms with Gasteiger partial charge in [-0.2, -0.15) is 18.4 Å². The summed E-state index contributed by atoms with van der Waals surface area (Å²) in [7, 11) is 1.72. The second kappa shape index (κ2) is 10.4. The van der Waals surface area contributed by atoms with Gasteiger partial charge < -0.3 is 9.47 Å². The number of Topliss-reactive ketones (excluding diaryl/α,β-unsaturated/α-hetero) is 1. The number of hydrogen-bond acceptors (Lipinski definition) is 4. The van der Waals surface area contributed by atoms with Crippen LogP contribution in [0.25, 0.3) is 11.0 Å². The van der Waals surface area contributed by atoms with Gasteiger partial charge in [0, 0.05) is 54.6 Å². The summed E-state index contributed by atoms with van der Waals surface area (Å²) in [6.45, 7) is 9.50. The molecule has 0 spiro atoms. The number of benzene rings is 1. The molecule has 1 saturated heterocycles. The first kappa shape index (κ1) is 27.9. The largest absolute Gasteiger partial charge is 0.417 e. The fourth-order valence-corrected chi connectivity index (χ4v) is 6.90. The lowest BCUT2D eigenvalue weighted by atomic mass is 9.77. The van der Waals surface area contributed by atoms with Crippen molar-refractivity contribution in [1.29, 1.82) is 5.26 Å². The molecule has 2 aliphatic rings. The van der Waals surface area contributed by atoms with Gasteiger partial charge in [-0.3, -0.25) is 4.79 Å². The highest BCUT2D eigenvalue weighted by Gasteiger charge is 2.42. The van der Waals surface area contributed by atoms with Gasteiger partial charge in [0.05, 0.1) is 17.2 Å². The van der Waals surface area contributed by atoms with Gasteiger partial charge in [-0.05, 0) is 74.6 Å². The van der Waals surface area contributed by atoms with E-state index in [0.29, 0.717) is 17.9 Å². The fraction of sp³-hybridized carbons (Fsp3) is 0.469. The Kier molecular flexibility index (Phi) is 7.28. The molecular weight excluding hydrogens is 513 g/mol. The van der Waals surface area contributed by atoms with E-state index in [1.165, 1.54) is 31.2 Å². The second-order valence-electron chi connectivity index (χ2n) is 12.0. The minimum atomic E-state index is -4.67. The number of aromatic nitrogens is 2. The van der Waals surface area contributed by atoms with Crippen LogP contribution in [0.3, 0.4) is 0 Å². The maximum Gasteiger partial charge on any atom is 0.417 e. The van der Waals surface area contributed by atoms with E-state index in [2.05, 4.69) is 30.3 Å².